The van der Waals surface area contributed by atoms with Crippen molar-refractivity contribution in [2.45, 2.75) is 39.3 Å². The van der Waals surface area contributed by atoms with Crippen LogP contribution in [0.3, 0.4) is 0 Å². The molecule has 1 saturated heterocycles. The van der Waals surface area contributed by atoms with E-state index in [1.807, 2.05) is 25.2 Å². The maximum absolute atomic E-state index is 11.6. The van der Waals surface area contributed by atoms with E-state index < -0.39 is 0 Å². The summed E-state index contributed by atoms with van der Waals surface area (Å²) in [5.74, 6) is 0.334. The van der Waals surface area contributed by atoms with Gasteiger partial charge in [-0.3, -0.25) is 4.79 Å². The third kappa shape index (κ3) is 3.91. The van der Waals surface area contributed by atoms with Gasteiger partial charge in [-0.25, -0.2) is 14.2 Å². The normalized spacial score (nSPS) is 21.9. The quantitative estimate of drug-likeness (QED) is 0.548. The van der Waals surface area contributed by atoms with E-state index in [4.69, 9.17) is 5.73 Å². The number of aromatic nitrogens is 2. The van der Waals surface area contributed by atoms with E-state index in [0.717, 1.165) is 31.6 Å². The first-order valence-corrected chi connectivity index (χ1v) is 8.85. The standard InChI is InChI=1S/C18H24N6O2/c1-3-24-18(19)17(11-20-24)22-15-5-4-13(10-16(15)21-12(2)25)23-8-6-14(26)7-9-23/h4-5,10-11,14,26H,3,6-9H2,1-2H3,(H2,19,20,21,25)/p+1. The number of nitrogens with zero attached hydrogens (tertiary/aromatic N) is 4. The van der Waals surface area contributed by atoms with Crippen LogP contribution in [0.15, 0.2) is 35.1 Å². The Labute approximate surface area is 152 Å². The van der Waals surface area contributed by atoms with Crippen molar-refractivity contribution >= 4 is 28.8 Å². The summed E-state index contributed by atoms with van der Waals surface area (Å²) < 4.78 is 3.87. The Morgan fingerprint density at radius 2 is 2.19 bits per heavy atom. The smallest absolute Gasteiger partial charge is 0.221 e. The molecule has 1 aromatic rings. The van der Waals surface area contributed by atoms with Crippen LogP contribution in [0.2, 0.25) is 0 Å². The van der Waals surface area contributed by atoms with Gasteiger partial charge in [0, 0.05) is 38.5 Å². The first kappa shape index (κ1) is 18.1. The SMILES string of the molecule is CCn1ncc(/N=C2/C=CC(=[N+]3CCC(O)CC3)C=C2NC(C)=O)c1N. The van der Waals surface area contributed by atoms with Gasteiger partial charge in [0.05, 0.1) is 23.7 Å². The van der Waals surface area contributed by atoms with Crippen LogP contribution in [0, 0.1) is 0 Å². The molecule has 8 nitrogen and oxygen atoms in total. The molecule has 26 heavy (non-hydrogen) atoms. The molecular formula is C18H25N6O2+. The van der Waals surface area contributed by atoms with Crippen molar-refractivity contribution in [3.63, 3.8) is 0 Å². The number of nitrogen functional groups attached to an aromatic ring is 1. The Morgan fingerprint density at radius 1 is 1.46 bits per heavy atom. The molecular weight excluding hydrogens is 332 g/mol. The number of aliphatic hydroxyl groups excluding tert-OH is 1. The molecule has 2 aliphatic rings. The van der Waals surface area contributed by atoms with E-state index in [9.17, 15) is 9.90 Å². The average molecular weight is 357 g/mol. The minimum absolute atomic E-state index is 0.162. The molecule has 0 radical (unpaired) electrons. The van der Waals surface area contributed by atoms with E-state index in [2.05, 4.69) is 20.0 Å². The van der Waals surface area contributed by atoms with Crippen molar-refractivity contribution in [1.29, 1.82) is 0 Å². The van der Waals surface area contributed by atoms with Gasteiger partial charge in [-0.1, -0.05) is 0 Å². The second kappa shape index (κ2) is 7.65. The lowest BCUT2D eigenvalue weighted by atomic mass is 10.0. The molecule has 0 aromatic carbocycles. The summed E-state index contributed by atoms with van der Waals surface area (Å²) >= 11 is 0. The summed E-state index contributed by atoms with van der Waals surface area (Å²) in [5.41, 5.74) is 8.89. The predicted octanol–water partition coefficient (Wildman–Crippen LogP) is 0.756. The molecule has 8 heteroatoms. The highest BCUT2D eigenvalue weighted by Crippen LogP contribution is 2.23. The number of aliphatic hydroxyl groups is 1. The van der Waals surface area contributed by atoms with Crippen LogP contribution in [-0.2, 0) is 11.3 Å². The molecule has 1 fully saturated rings. The number of carbonyl (C=O) groups is 1. The van der Waals surface area contributed by atoms with Gasteiger partial charge < -0.3 is 16.2 Å². The zero-order chi connectivity index (χ0) is 18.7. The van der Waals surface area contributed by atoms with E-state index in [1.165, 1.54) is 6.92 Å². The Kier molecular flexibility index (Phi) is 5.32. The highest BCUT2D eigenvalue weighted by atomic mass is 16.3. The minimum atomic E-state index is -0.228. The molecule has 1 aromatic heterocycles. The molecule has 3 rings (SSSR count). The first-order chi connectivity index (χ1) is 12.5. The number of aryl methyl sites for hydroxylation is 1. The van der Waals surface area contributed by atoms with Gasteiger partial charge in [0.1, 0.15) is 24.6 Å². The topological polar surface area (TPSA) is 109 Å². The Morgan fingerprint density at radius 3 is 2.81 bits per heavy atom. The monoisotopic (exact) mass is 357 g/mol. The van der Waals surface area contributed by atoms with Gasteiger partial charge in [-0.15, -0.1) is 0 Å². The predicted molar refractivity (Wildman–Crippen MR) is 101 cm³/mol. The number of piperidine rings is 1. The summed E-state index contributed by atoms with van der Waals surface area (Å²) in [7, 11) is 0. The first-order valence-electron chi connectivity index (χ1n) is 8.85. The fraction of sp³-hybridized carbons (Fsp3) is 0.444. The van der Waals surface area contributed by atoms with Gasteiger partial charge in [0.25, 0.3) is 0 Å². The van der Waals surface area contributed by atoms with Crippen molar-refractivity contribution in [2.75, 3.05) is 18.8 Å². The van der Waals surface area contributed by atoms with E-state index in [1.54, 1.807) is 10.9 Å². The van der Waals surface area contributed by atoms with Crippen molar-refractivity contribution in [3.05, 3.63) is 30.1 Å². The molecule has 0 atom stereocenters. The maximum atomic E-state index is 11.6. The molecule has 4 N–H and O–H groups in total. The molecule has 1 aliphatic heterocycles. The lowest BCUT2D eigenvalue weighted by Gasteiger charge is -2.18. The molecule has 138 valence electrons. The lowest BCUT2D eigenvalue weighted by molar-refractivity contribution is -0.540. The number of rotatable bonds is 3. The third-order valence-corrected chi connectivity index (χ3v) is 4.52. The van der Waals surface area contributed by atoms with Crippen LogP contribution in [0.5, 0.6) is 0 Å². The number of aliphatic imine (C=N–C) groups is 1. The number of amides is 1. The van der Waals surface area contributed by atoms with Gasteiger partial charge in [0.15, 0.2) is 0 Å². The van der Waals surface area contributed by atoms with Crippen molar-refractivity contribution < 1.29 is 14.5 Å². The average Bonchev–Trinajstić information content (AvgIpc) is 2.96. The highest BCUT2D eigenvalue weighted by Gasteiger charge is 2.24. The van der Waals surface area contributed by atoms with E-state index >= 15 is 0 Å². The zero-order valence-electron chi connectivity index (χ0n) is 15.1. The second-order valence-electron chi connectivity index (χ2n) is 6.44. The largest absolute Gasteiger partial charge is 0.393 e. The molecule has 1 aliphatic carbocycles. The second-order valence-corrected chi connectivity index (χ2v) is 6.44. The van der Waals surface area contributed by atoms with Crippen LogP contribution in [0.1, 0.15) is 26.7 Å². The zero-order valence-corrected chi connectivity index (χ0v) is 15.1. The number of carbonyl (C=O) groups excluding carboxylic acids is 1. The summed E-state index contributed by atoms with van der Waals surface area (Å²) in [6.07, 6.45) is 8.64. The fourth-order valence-corrected chi connectivity index (χ4v) is 3.08. The number of allylic oxidation sites excluding steroid dienone is 3. The van der Waals surface area contributed by atoms with Crippen molar-refractivity contribution in [2.24, 2.45) is 4.99 Å². The Hall–Kier alpha value is -2.74. The number of anilines is 1. The van der Waals surface area contributed by atoms with E-state index in [0.29, 0.717) is 29.5 Å². The van der Waals surface area contributed by atoms with Gasteiger partial charge in [-0.05, 0) is 13.0 Å². The molecule has 2 heterocycles. The van der Waals surface area contributed by atoms with Crippen LogP contribution < -0.4 is 11.1 Å². The van der Waals surface area contributed by atoms with Crippen LogP contribution in [0.25, 0.3) is 0 Å². The summed E-state index contributed by atoms with van der Waals surface area (Å²) in [6.45, 7) is 5.66. The molecule has 0 bridgehead atoms. The fourth-order valence-electron chi connectivity index (χ4n) is 3.08. The Balaban J connectivity index is 1.94. The number of hydrogen-bond donors (Lipinski definition) is 3. The molecule has 0 unspecified atom stereocenters. The van der Waals surface area contributed by atoms with E-state index in [-0.39, 0.29) is 12.0 Å². The molecule has 1 amide bonds. The van der Waals surface area contributed by atoms with Crippen molar-refractivity contribution in [1.82, 2.24) is 15.1 Å². The summed E-state index contributed by atoms with van der Waals surface area (Å²) in [5, 5.41) is 16.7. The van der Waals surface area contributed by atoms with Gasteiger partial charge in [0.2, 0.25) is 11.6 Å². The molecule has 0 saturated carbocycles. The maximum Gasteiger partial charge on any atom is 0.221 e. The van der Waals surface area contributed by atoms with Crippen LogP contribution in [0.4, 0.5) is 11.5 Å². The van der Waals surface area contributed by atoms with Gasteiger partial charge in [-0.2, -0.15) is 5.10 Å². The summed E-state index contributed by atoms with van der Waals surface area (Å²) in [6, 6.07) is 0. The van der Waals surface area contributed by atoms with Gasteiger partial charge >= 0.3 is 0 Å². The number of hydrogen-bond acceptors (Lipinski definition) is 5. The minimum Gasteiger partial charge on any atom is -0.393 e. The summed E-state index contributed by atoms with van der Waals surface area (Å²) in [4.78, 5) is 16.2. The number of nitrogens with one attached hydrogen (secondary N) is 1. The highest BCUT2D eigenvalue weighted by molar-refractivity contribution is 6.21. The Bertz CT molecular complexity index is 821. The number of nitrogens with two attached hydrogens (primary N) is 1. The van der Waals surface area contributed by atoms with Crippen LogP contribution in [-0.4, -0.2) is 56.0 Å². The lowest BCUT2D eigenvalue weighted by Crippen LogP contribution is -2.34. The molecule has 0 spiro atoms. The van der Waals surface area contributed by atoms with Crippen LogP contribution >= 0.6 is 0 Å². The third-order valence-electron chi connectivity index (χ3n) is 4.52. The van der Waals surface area contributed by atoms with Crippen molar-refractivity contribution in [3.8, 4) is 0 Å².